The van der Waals surface area contributed by atoms with Crippen LogP contribution in [0.3, 0.4) is 0 Å². The number of carbonyl (C=O) groups is 1. The Hall–Kier alpha value is -1.07. The van der Waals surface area contributed by atoms with Crippen LogP contribution in [0, 0.1) is 5.82 Å². The molecular formula is C16H21FN2OS. The van der Waals surface area contributed by atoms with E-state index in [9.17, 15) is 9.18 Å². The molecule has 2 heterocycles. The zero-order valence-corrected chi connectivity index (χ0v) is 13.0. The summed E-state index contributed by atoms with van der Waals surface area (Å²) >= 11 is 1.45. The van der Waals surface area contributed by atoms with E-state index in [0.717, 1.165) is 17.7 Å². The second-order valence-electron chi connectivity index (χ2n) is 6.03. The van der Waals surface area contributed by atoms with Crippen molar-refractivity contribution in [2.45, 2.75) is 48.7 Å². The highest BCUT2D eigenvalue weighted by Gasteiger charge is 2.38. The number of piperidine rings is 1. The van der Waals surface area contributed by atoms with E-state index in [0.29, 0.717) is 23.9 Å². The van der Waals surface area contributed by atoms with Gasteiger partial charge >= 0.3 is 0 Å². The van der Waals surface area contributed by atoms with Gasteiger partial charge in [0.2, 0.25) is 5.91 Å². The third kappa shape index (κ3) is 3.58. The van der Waals surface area contributed by atoms with Crippen molar-refractivity contribution in [3.05, 3.63) is 30.1 Å². The Balaban J connectivity index is 1.45. The molecule has 1 aromatic carbocycles. The Kier molecular flexibility index (Phi) is 4.50. The fourth-order valence-electron chi connectivity index (χ4n) is 3.48. The van der Waals surface area contributed by atoms with Crippen molar-refractivity contribution >= 4 is 17.7 Å². The highest BCUT2D eigenvalue weighted by atomic mass is 32.2. The monoisotopic (exact) mass is 308 g/mol. The van der Waals surface area contributed by atoms with E-state index in [1.165, 1.54) is 36.7 Å². The molecule has 1 amide bonds. The maximum absolute atomic E-state index is 12.8. The average molecular weight is 308 g/mol. The molecule has 2 aliphatic rings. The first-order chi connectivity index (χ1) is 10.1. The van der Waals surface area contributed by atoms with Crippen LogP contribution in [0.1, 0.15) is 25.7 Å². The van der Waals surface area contributed by atoms with Crippen molar-refractivity contribution in [2.75, 3.05) is 12.8 Å². The lowest BCUT2D eigenvalue weighted by Crippen LogP contribution is -2.49. The minimum Gasteiger partial charge on any atom is -0.353 e. The zero-order valence-electron chi connectivity index (χ0n) is 12.2. The van der Waals surface area contributed by atoms with Gasteiger partial charge in [0.1, 0.15) is 5.82 Å². The van der Waals surface area contributed by atoms with Crippen molar-refractivity contribution in [3.63, 3.8) is 0 Å². The summed E-state index contributed by atoms with van der Waals surface area (Å²) < 4.78 is 12.8. The van der Waals surface area contributed by atoms with E-state index >= 15 is 0 Å². The molecule has 1 N–H and O–H groups in total. The predicted molar refractivity (Wildman–Crippen MR) is 82.9 cm³/mol. The summed E-state index contributed by atoms with van der Waals surface area (Å²) in [5.41, 5.74) is 0. The molecule has 2 bridgehead atoms. The molecule has 3 rings (SSSR count). The van der Waals surface area contributed by atoms with Gasteiger partial charge < -0.3 is 10.2 Å². The largest absolute Gasteiger partial charge is 0.353 e. The van der Waals surface area contributed by atoms with Crippen LogP contribution < -0.4 is 5.32 Å². The van der Waals surface area contributed by atoms with Crippen LogP contribution in [-0.2, 0) is 4.79 Å². The van der Waals surface area contributed by atoms with Crippen LogP contribution in [0.25, 0.3) is 0 Å². The maximum Gasteiger partial charge on any atom is 0.230 e. The van der Waals surface area contributed by atoms with Crippen molar-refractivity contribution in [1.82, 2.24) is 10.2 Å². The normalized spacial score (nSPS) is 28.6. The number of rotatable bonds is 4. The van der Waals surface area contributed by atoms with Gasteiger partial charge in [-0.05, 0) is 57.0 Å². The van der Waals surface area contributed by atoms with Crippen LogP contribution in [-0.4, -0.2) is 41.7 Å². The SMILES string of the molecule is CN1[C@@H]2CC[C@@H]1CC(NC(=O)CSc1ccc(F)cc1)C2. The first-order valence-corrected chi connectivity index (χ1v) is 8.50. The Morgan fingerprint density at radius 1 is 1.29 bits per heavy atom. The number of hydrogen-bond donors (Lipinski definition) is 1. The molecule has 0 aliphatic carbocycles. The summed E-state index contributed by atoms with van der Waals surface area (Å²) in [4.78, 5) is 15.4. The Bertz CT molecular complexity index is 494. The molecule has 1 aromatic rings. The maximum atomic E-state index is 12.8. The third-order valence-corrected chi connectivity index (χ3v) is 5.66. The Morgan fingerprint density at radius 2 is 1.90 bits per heavy atom. The van der Waals surface area contributed by atoms with Gasteiger partial charge in [-0.2, -0.15) is 0 Å². The van der Waals surface area contributed by atoms with Crippen LogP contribution in [0.4, 0.5) is 4.39 Å². The number of hydrogen-bond acceptors (Lipinski definition) is 3. The lowest BCUT2D eigenvalue weighted by atomic mass is 9.98. The van der Waals surface area contributed by atoms with Crippen LogP contribution in [0.15, 0.2) is 29.2 Å². The molecule has 0 saturated carbocycles. The van der Waals surface area contributed by atoms with Gasteiger partial charge in [0.15, 0.2) is 0 Å². The summed E-state index contributed by atoms with van der Waals surface area (Å²) in [5, 5.41) is 3.16. The summed E-state index contributed by atoms with van der Waals surface area (Å²) in [6.45, 7) is 0. The zero-order chi connectivity index (χ0) is 14.8. The smallest absolute Gasteiger partial charge is 0.230 e. The summed E-state index contributed by atoms with van der Waals surface area (Å²) in [5.74, 6) is 0.233. The molecule has 2 atom stereocenters. The van der Waals surface area contributed by atoms with E-state index in [2.05, 4.69) is 17.3 Å². The lowest BCUT2D eigenvalue weighted by molar-refractivity contribution is -0.119. The summed E-state index contributed by atoms with van der Waals surface area (Å²) in [7, 11) is 2.20. The second-order valence-corrected chi connectivity index (χ2v) is 7.08. The van der Waals surface area contributed by atoms with Gasteiger partial charge in [-0.25, -0.2) is 4.39 Å². The van der Waals surface area contributed by atoms with Gasteiger partial charge in [-0.1, -0.05) is 0 Å². The molecule has 2 fully saturated rings. The van der Waals surface area contributed by atoms with Crippen molar-refractivity contribution in [3.8, 4) is 0 Å². The number of thioether (sulfide) groups is 1. The molecule has 5 heteroatoms. The standard InChI is InChI=1S/C16H21FN2OS/c1-19-13-4-5-14(19)9-12(8-13)18-16(20)10-21-15-6-2-11(17)3-7-15/h2-3,6-7,12-14H,4-5,8-10H2,1H3,(H,18,20)/t13-,14-/m1/s1. The number of carbonyl (C=O) groups excluding carboxylic acids is 1. The third-order valence-electron chi connectivity index (χ3n) is 4.65. The minimum absolute atomic E-state index is 0.0817. The molecule has 0 unspecified atom stereocenters. The number of benzene rings is 1. The number of fused-ring (bicyclic) bond motifs is 2. The van der Waals surface area contributed by atoms with Gasteiger partial charge in [0.25, 0.3) is 0 Å². The second kappa shape index (κ2) is 6.36. The molecule has 21 heavy (non-hydrogen) atoms. The van der Waals surface area contributed by atoms with Gasteiger partial charge in [0, 0.05) is 23.0 Å². The lowest BCUT2D eigenvalue weighted by Gasteiger charge is -2.36. The number of nitrogens with one attached hydrogen (secondary N) is 1. The van der Waals surface area contributed by atoms with Crippen LogP contribution in [0.2, 0.25) is 0 Å². The number of halogens is 1. The van der Waals surface area contributed by atoms with E-state index in [4.69, 9.17) is 0 Å². The average Bonchev–Trinajstić information content (AvgIpc) is 2.69. The Morgan fingerprint density at radius 3 is 2.52 bits per heavy atom. The molecule has 0 aromatic heterocycles. The van der Waals surface area contributed by atoms with Crippen molar-refractivity contribution in [2.24, 2.45) is 0 Å². The van der Waals surface area contributed by atoms with Gasteiger partial charge in [-0.3, -0.25) is 4.79 Å². The molecule has 0 spiro atoms. The van der Waals surface area contributed by atoms with E-state index < -0.39 is 0 Å². The minimum atomic E-state index is -0.245. The van der Waals surface area contributed by atoms with E-state index in [1.807, 2.05) is 0 Å². The quantitative estimate of drug-likeness (QED) is 0.868. The summed E-state index contributed by atoms with van der Waals surface area (Å²) in [6.07, 6.45) is 4.66. The first kappa shape index (κ1) is 14.9. The molecule has 2 aliphatic heterocycles. The van der Waals surface area contributed by atoms with Gasteiger partial charge in [-0.15, -0.1) is 11.8 Å². The topological polar surface area (TPSA) is 32.3 Å². The fraction of sp³-hybridized carbons (Fsp3) is 0.562. The van der Waals surface area contributed by atoms with Crippen LogP contribution >= 0.6 is 11.8 Å². The van der Waals surface area contributed by atoms with E-state index in [1.54, 1.807) is 12.1 Å². The predicted octanol–water partition coefficient (Wildman–Crippen LogP) is 2.66. The van der Waals surface area contributed by atoms with Gasteiger partial charge in [0.05, 0.1) is 5.75 Å². The highest BCUT2D eigenvalue weighted by molar-refractivity contribution is 8.00. The fourth-order valence-corrected chi connectivity index (χ4v) is 4.19. The van der Waals surface area contributed by atoms with Crippen LogP contribution in [0.5, 0.6) is 0 Å². The van der Waals surface area contributed by atoms with Crippen molar-refractivity contribution < 1.29 is 9.18 Å². The van der Waals surface area contributed by atoms with Crippen molar-refractivity contribution in [1.29, 1.82) is 0 Å². The highest BCUT2D eigenvalue weighted by Crippen LogP contribution is 2.34. The molecule has 114 valence electrons. The molecular weight excluding hydrogens is 287 g/mol. The molecule has 2 saturated heterocycles. The van der Waals surface area contributed by atoms with E-state index in [-0.39, 0.29) is 11.7 Å². The molecule has 3 nitrogen and oxygen atoms in total. The Labute approximate surface area is 129 Å². The molecule has 0 radical (unpaired) electrons. The number of nitrogens with zero attached hydrogens (tertiary/aromatic N) is 1. The summed E-state index contributed by atoms with van der Waals surface area (Å²) in [6, 6.07) is 7.87. The first-order valence-electron chi connectivity index (χ1n) is 7.51. The number of amides is 1.